The van der Waals surface area contributed by atoms with Gasteiger partial charge in [0.25, 0.3) is 0 Å². The summed E-state index contributed by atoms with van der Waals surface area (Å²) in [6.07, 6.45) is 2.82. The zero-order chi connectivity index (χ0) is 13.1. The van der Waals surface area contributed by atoms with Crippen LogP contribution in [0.4, 0.5) is 0 Å². The molecule has 0 atom stereocenters. The molecule has 4 nitrogen and oxygen atoms in total. The van der Waals surface area contributed by atoms with Crippen LogP contribution in [0.1, 0.15) is 43.7 Å². The predicted molar refractivity (Wildman–Crippen MR) is 72.0 cm³/mol. The molecule has 0 fully saturated rings. The Kier molecular flexibility index (Phi) is 3.75. The highest BCUT2D eigenvalue weighted by atomic mass is 15.3. The molecule has 0 amide bonds. The molecule has 0 spiro atoms. The van der Waals surface area contributed by atoms with E-state index in [0.717, 1.165) is 42.3 Å². The van der Waals surface area contributed by atoms with Crippen LogP contribution in [0.15, 0.2) is 12.1 Å². The van der Waals surface area contributed by atoms with Gasteiger partial charge in [-0.1, -0.05) is 20.8 Å². The minimum atomic E-state index is 0.806. The smallest absolute Gasteiger partial charge is 0.157 e. The Morgan fingerprint density at radius 1 is 0.944 bits per heavy atom. The SMILES string of the molecule is CCc1cc(-n2nc(CC)cc2CC)nc(C)n1. The molecular weight excluding hydrogens is 224 g/mol. The van der Waals surface area contributed by atoms with E-state index in [-0.39, 0.29) is 0 Å². The van der Waals surface area contributed by atoms with Crippen molar-refractivity contribution >= 4 is 0 Å². The fourth-order valence-corrected chi connectivity index (χ4v) is 2.00. The highest BCUT2D eigenvalue weighted by Gasteiger charge is 2.10. The van der Waals surface area contributed by atoms with Crippen molar-refractivity contribution in [3.05, 3.63) is 35.0 Å². The number of hydrogen-bond donors (Lipinski definition) is 0. The van der Waals surface area contributed by atoms with E-state index in [1.165, 1.54) is 5.69 Å². The van der Waals surface area contributed by atoms with Gasteiger partial charge < -0.3 is 0 Å². The molecule has 0 bridgehead atoms. The molecule has 0 aromatic carbocycles. The van der Waals surface area contributed by atoms with E-state index in [2.05, 4.69) is 41.9 Å². The summed E-state index contributed by atoms with van der Waals surface area (Å²) >= 11 is 0. The van der Waals surface area contributed by atoms with Gasteiger partial charge in [0, 0.05) is 17.5 Å². The molecular formula is C14H20N4. The van der Waals surface area contributed by atoms with Crippen LogP contribution < -0.4 is 0 Å². The Hall–Kier alpha value is -1.71. The standard InChI is InChI=1S/C14H20N4/c1-5-11-9-14(16-10(4)15-11)18-13(7-3)8-12(6-2)17-18/h8-9H,5-7H2,1-4H3. The summed E-state index contributed by atoms with van der Waals surface area (Å²) in [6.45, 7) is 8.29. The number of aryl methyl sites for hydroxylation is 4. The minimum Gasteiger partial charge on any atom is -0.238 e. The van der Waals surface area contributed by atoms with Crippen molar-refractivity contribution < 1.29 is 0 Å². The molecule has 2 aromatic rings. The molecule has 0 radical (unpaired) electrons. The van der Waals surface area contributed by atoms with Gasteiger partial charge in [0.15, 0.2) is 5.82 Å². The van der Waals surface area contributed by atoms with Crippen LogP contribution in [0.25, 0.3) is 5.82 Å². The number of nitrogens with zero attached hydrogens (tertiary/aromatic N) is 4. The van der Waals surface area contributed by atoms with Gasteiger partial charge in [-0.2, -0.15) is 5.10 Å². The average Bonchev–Trinajstić information content (AvgIpc) is 2.81. The van der Waals surface area contributed by atoms with Gasteiger partial charge >= 0.3 is 0 Å². The fraction of sp³-hybridized carbons (Fsp3) is 0.500. The lowest BCUT2D eigenvalue weighted by Gasteiger charge is -2.07. The highest BCUT2D eigenvalue weighted by Crippen LogP contribution is 2.13. The van der Waals surface area contributed by atoms with Gasteiger partial charge in [-0.3, -0.25) is 0 Å². The molecule has 2 aromatic heterocycles. The highest BCUT2D eigenvalue weighted by molar-refractivity contribution is 5.28. The lowest BCUT2D eigenvalue weighted by Crippen LogP contribution is -2.07. The van der Waals surface area contributed by atoms with Crippen LogP contribution in [-0.2, 0) is 19.3 Å². The van der Waals surface area contributed by atoms with Gasteiger partial charge in [-0.05, 0) is 32.3 Å². The number of rotatable bonds is 4. The maximum atomic E-state index is 4.61. The van der Waals surface area contributed by atoms with E-state index in [1.54, 1.807) is 0 Å². The van der Waals surface area contributed by atoms with E-state index in [4.69, 9.17) is 0 Å². The topological polar surface area (TPSA) is 43.6 Å². The summed E-state index contributed by atoms with van der Waals surface area (Å²) in [5, 5.41) is 4.61. The molecule has 0 aliphatic carbocycles. The second kappa shape index (κ2) is 5.29. The predicted octanol–water partition coefficient (Wildman–Crippen LogP) is 2.66. The van der Waals surface area contributed by atoms with Crippen molar-refractivity contribution in [1.29, 1.82) is 0 Å². The van der Waals surface area contributed by atoms with Crippen LogP contribution >= 0.6 is 0 Å². The van der Waals surface area contributed by atoms with Crippen molar-refractivity contribution in [2.24, 2.45) is 0 Å². The van der Waals surface area contributed by atoms with Crippen molar-refractivity contribution in [1.82, 2.24) is 19.7 Å². The molecule has 18 heavy (non-hydrogen) atoms. The quantitative estimate of drug-likeness (QED) is 0.830. The first-order chi connectivity index (χ1) is 8.67. The van der Waals surface area contributed by atoms with Crippen molar-refractivity contribution in [2.45, 2.75) is 47.0 Å². The molecule has 0 saturated carbocycles. The summed E-state index contributed by atoms with van der Waals surface area (Å²) in [6, 6.07) is 4.18. The summed E-state index contributed by atoms with van der Waals surface area (Å²) in [5.41, 5.74) is 3.38. The molecule has 0 saturated heterocycles. The first kappa shape index (κ1) is 12.7. The molecule has 0 N–H and O–H groups in total. The lowest BCUT2D eigenvalue weighted by molar-refractivity contribution is 0.756. The first-order valence-electron chi connectivity index (χ1n) is 6.60. The second-order valence-electron chi connectivity index (χ2n) is 4.36. The average molecular weight is 244 g/mol. The van der Waals surface area contributed by atoms with Crippen LogP contribution in [0.5, 0.6) is 0 Å². The molecule has 2 heterocycles. The van der Waals surface area contributed by atoms with Crippen LogP contribution in [0, 0.1) is 6.92 Å². The molecule has 0 aliphatic heterocycles. The number of aromatic nitrogens is 4. The summed E-state index contributed by atoms with van der Waals surface area (Å²) < 4.78 is 1.95. The van der Waals surface area contributed by atoms with E-state index >= 15 is 0 Å². The van der Waals surface area contributed by atoms with Crippen LogP contribution in [-0.4, -0.2) is 19.7 Å². The van der Waals surface area contributed by atoms with Gasteiger partial charge in [-0.15, -0.1) is 0 Å². The molecule has 4 heteroatoms. The third kappa shape index (κ3) is 2.42. The molecule has 2 rings (SSSR count). The largest absolute Gasteiger partial charge is 0.238 e. The van der Waals surface area contributed by atoms with E-state index in [1.807, 2.05) is 17.7 Å². The Balaban J connectivity index is 2.53. The zero-order valence-electron chi connectivity index (χ0n) is 11.6. The molecule has 0 unspecified atom stereocenters. The van der Waals surface area contributed by atoms with Crippen molar-refractivity contribution in [3.8, 4) is 5.82 Å². The Labute approximate surface area is 108 Å². The zero-order valence-corrected chi connectivity index (χ0v) is 11.6. The fourth-order valence-electron chi connectivity index (χ4n) is 2.00. The van der Waals surface area contributed by atoms with Gasteiger partial charge in [-0.25, -0.2) is 14.6 Å². The maximum absolute atomic E-state index is 4.61. The normalized spacial score (nSPS) is 10.9. The number of hydrogen-bond acceptors (Lipinski definition) is 3. The van der Waals surface area contributed by atoms with Gasteiger partial charge in [0.1, 0.15) is 5.82 Å². The van der Waals surface area contributed by atoms with Gasteiger partial charge in [0.05, 0.1) is 5.69 Å². The van der Waals surface area contributed by atoms with Crippen molar-refractivity contribution in [3.63, 3.8) is 0 Å². The monoisotopic (exact) mass is 244 g/mol. The summed E-state index contributed by atoms with van der Waals surface area (Å²) in [5.74, 6) is 1.69. The molecule has 96 valence electrons. The first-order valence-corrected chi connectivity index (χ1v) is 6.60. The lowest BCUT2D eigenvalue weighted by atomic mass is 10.2. The molecule has 0 aliphatic rings. The Bertz CT molecular complexity index is 543. The van der Waals surface area contributed by atoms with Crippen LogP contribution in [0.2, 0.25) is 0 Å². The van der Waals surface area contributed by atoms with E-state index in [0.29, 0.717) is 0 Å². The van der Waals surface area contributed by atoms with Crippen molar-refractivity contribution in [2.75, 3.05) is 0 Å². The van der Waals surface area contributed by atoms with E-state index < -0.39 is 0 Å². The van der Waals surface area contributed by atoms with E-state index in [9.17, 15) is 0 Å². The Morgan fingerprint density at radius 2 is 1.67 bits per heavy atom. The minimum absolute atomic E-state index is 0.806. The van der Waals surface area contributed by atoms with Crippen LogP contribution in [0.3, 0.4) is 0 Å². The summed E-state index contributed by atoms with van der Waals surface area (Å²) in [4.78, 5) is 8.91. The second-order valence-corrected chi connectivity index (χ2v) is 4.36. The third-order valence-electron chi connectivity index (χ3n) is 3.01. The Morgan fingerprint density at radius 3 is 2.28 bits per heavy atom. The van der Waals surface area contributed by atoms with Gasteiger partial charge in [0.2, 0.25) is 0 Å². The third-order valence-corrected chi connectivity index (χ3v) is 3.01. The maximum Gasteiger partial charge on any atom is 0.157 e. The summed E-state index contributed by atoms with van der Waals surface area (Å²) in [7, 11) is 0.